The Kier molecular flexibility index (Phi) is 3.52. The summed E-state index contributed by atoms with van der Waals surface area (Å²) in [6, 6.07) is -0.421. The lowest BCUT2D eigenvalue weighted by Gasteiger charge is -2.41. The van der Waals surface area contributed by atoms with Gasteiger partial charge in [0.1, 0.15) is 6.09 Å². The monoisotopic (exact) mass is 174 g/mol. The highest BCUT2D eigenvalue weighted by Gasteiger charge is 2.25. The topological polar surface area (TPSA) is 63.6 Å². The van der Waals surface area contributed by atoms with Crippen molar-refractivity contribution in [1.29, 1.82) is 0 Å². The molecule has 72 valence electrons. The van der Waals surface area contributed by atoms with Crippen LogP contribution in [0.2, 0.25) is 0 Å². The summed E-state index contributed by atoms with van der Waals surface area (Å²) in [5.74, 6) is 0. The number of nitrogens with zero attached hydrogens (tertiary/aromatic N) is 1. The van der Waals surface area contributed by atoms with Crippen molar-refractivity contribution < 1.29 is 15.0 Å². The fraction of sp³-hybridized carbons (Fsp3) is 0.875. The summed E-state index contributed by atoms with van der Waals surface area (Å²) in [5, 5.41) is 19.4. The van der Waals surface area contributed by atoms with Gasteiger partial charge in [-0.1, -0.05) is 0 Å². The predicted octanol–water partition coefficient (Wildman–Crippen LogP) is -0.189. The maximum absolute atomic E-state index is 10.7. The highest BCUT2D eigenvalue weighted by atomic mass is 16.4. The van der Waals surface area contributed by atoms with Crippen LogP contribution in [0.1, 0.15) is 27.7 Å². The SMILES string of the molecule is C[C@H](CO)N(C(=O)[O-])C(C)(C)C. The van der Waals surface area contributed by atoms with E-state index in [1.165, 1.54) is 0 Å². The van der Waals surface area contributed by atoms with Crippen molar-refractivity contribution >= 4 is 6.09 Å². The second-order valence-electron chi connectivity index (χ2n) is 3.84. The van der Waals surface area contributed by atoms with Gasteiger partial charge >= 0.3 is 0 Å². The smallest absolute Gasteiger partial charge is 0.137 e. The van der Waals surface area contributed by atoms with Gasteiger partial charge in [0.25, 0.3) is 0 Å². The van der Waals surface area contributed by atoms with Crippen molar-refractivity contribution in [2.75, 3.05) is 6.61 Å². The van der Waals surface area contributed by atoms with Gasteiger partial charge in [-0.15, -0.1) is 0 Å². The first-order chi connectivity index (χ1) is 5.30. The normalized spacial score (nSPS) is 14.1. The number of hydrogen-bond acceptors (Lipinski definition) is 3. The van der Waals surface area contributed by atoms with Crippen LogP contribution >= 0.6 is 0 Å². The first kappa shape index (κ1) is 11.2. The molecule has 0 bridgehead atoms. The van der Waals surface area contributed by atoms with Gasteiger partial charge in [-0.05, 0) is 27.7 Å². The van der Waals surface area contributed by atoms with Crippen molar-refractivity contribution in [3.05, 3.63) is 0 Å². The molecule has 0 aliphatic rings. The first-order valence-corrected chi connectivity index (χ1v) is 3.92. The number of carbonyl (C=O) groups is 1. The van der Waals surface area contributed by atoms with Crippen LogP contribution in [0.4, 0.5) is 4.79 Å². The molecule has 0 aromatic heterocycles. The van der Waals surface area contributed by atoms with E-state index in [0.29, 0.717) is 0 Å². The van der Waals surface area contributed by atoms with Crippen LogP contribution < -0.4 is 5.11 Å². The Hall–Kier alpha value is -0.770. The maximum Gasteiger partial charge on any atom is 0.137 e. The molecule has 0 spiro atoms. The minimum atomic E-state index is -1.25. The molecular weight excluding hydrogens is 158 g/mol. The molecule has 0 aliphatic carbocycles. The number of hydrogen-bond donors (Lipinski definition) is 1. The molecule has 0 saturated carbocycles. The summed E-state index contributed by atoms with van der Waals surface area (Å²) in [4.78, 5) is 11.8. The fourth-order valence-electron chi connectivity index (χ4n) is 1.20. The van der Waals surface area contributed by atoms with Crippen LogP contribution in [0.15, 0.2) is 0 Å². The largest absolute Gasteiger partial charge is 0.530 e. The third-order valence-corrected chi connectivity index (χ3v) is 1.62. The van der Waals surface area contributed by atoms with E-state index >= 15 is 0 Å². The molecular formula is C8H16NO3-. The zero-order chi connectivity index (χ0) is 9.94. The molecule has 0 aromatic rings. The van der Waals surface area contributed by atoms with E-state index in [4.69, 9.17) is 5.11 Å². The van der Waals surface area contributed by atoms with E-state index in [2.05, 4.69) is 0 Å². The highest BCUT2D eigenvalue weighted by molar-refractivity contribution is 5.64. The minimum absolute atomic E-state index is 0.189. The van der Waals surface area contributed by atoms with Crippen molar-refractivity contribution in [3.8, 4) is 0 Å². The zero-order valence-corrected chi connectivity index (χ0v) is 8.00. The molecule has 0 radical (unpaired) electrons. The lowest BCUT2D eigenvalue weighted by atomic mass is 10.0. The average Bonchev–Trinajstić information content (AvgIpc) is 1.83. The standard InChI is InChI=1S/C8H17NO3/c1-6(5-10)9(7(11)12)8(2,3)4/h6,10H,5H2,1-4H3,(H,11,12)/p-1/t6-/m1/s1. The zero-order valence-electron chi connectivity index (χ0n) is 8.00. The average molecular weight is 174 g/mol. The Bertz CT molecular complexity index is 162. The molecule has 0 fully saturated rings. The van der Waals surface area contributed by atoms with Gasteiger partial charge in [0.05, 0.1) is 12.6 Å². The number of rotatable bonds is 2. The summed E-state index contributed by atoms with van der Waals surface area (Å²) in [6.45, 7) is 6.73. The Morgan fingerprint density at radius 2 is 2.00 bits per heavy atom. The van der Waals surface area contributed by atoms with Gasteiger partial charge in [-0.25, -0.2) is 0 Å². The molecule has 0 aliphatic heterocycles. The molecule has 0 aromatic carbocycles. The minimum Gasteiger partial charge on any atom is -0.530 e. The molecule has 0 rings (SSSR count). The molecule has 1 N–H and O–H groups in total. The van der Waals surface area contributed by atoms with Crippen LogP contribution in [0.25, 0.3) is 0 Å². The van der Waals surface area contributed by atoms with E-state index in [-0.39, 0.29) is 6.61 Å². The first-order valence-electron chi connectivity index (χ1n) is 3.92. The van der Waals surface area contributed by atoms with Crippen LogP contribution in [-0.2, 0) is 0 Å². The van der Waals surface area contributed by atoms with Crippen molar-refractivity contribution in [3.63, 3.8) is 0 Å². The van der Waals surface area contributed by atoms with Gasteiger partial charge in [-0.2, -0.15) is 0 Å². The van der Waals surface area contributed by atoms with Gasteiger partial charge in [0.15, 0.2) is 0 Å². The van der Waals surface area contributed by atoms with Gasteiger partial charge in [0.2, 0.25) is 0 Å². The molecule has 0 saturated heterocycles. The van der Waals surface area contributed by atoms with Crippen LogP contribution in [0.5, 0.6) is 0 Å². The lowest BCUT2D eigenvalue weighted by Crippen LogP contribution is -2.56. The number of carboxylic acid groups (broad SMARTS) is 1. The quantitative estimate of drug-likeness (QED) is 0.631. The molecule has 12 heavy (non-hydrogen) atoms. The van der Waals surface area contributed by atoms with E-state index in [9.17, 15) is 9.90 Å². The molecule has 4 nitrogen and oxygen atoms in total. The Balaban J connectivity index is 4.56. The molecule has 1 atom stereocenters. The fourth-order valence-corrected chi connectivity index (χ4v) is 1.20. The summed E-state index contributed by atoms with van der Waals surface area (Å²) >= 11 is 0. The number of aliphatic hydroxyl groups excluding tert-OH is 1. The Labute approximate surface area is 72.8 Å². The third kappa shape index (κ3) is 2.70. The maximum atomic E-state index is 10.7. The molecule has 0 unspecified atom stereocenters. The number of aliphatic hydroxyl groups is 1. The summed E-state index contributed by atoms with van der Waals surface area (Å²) < 4.78 is 0. The molecule has 0 heterocycles. The Morgan fingerprint density at radius 3 is 2.08 bits per heavy atom. The second kappa shape index (κ2) is 3.76. The van der Waals surface area contributed by atoms with Crippen molar-refractivity contribution in [2.45, 2.75) is 39.3 Å². The van der Waals surface area contributed by atoms with E-state index < -0.39 is 17.7 Å². The number of carbonyl (C=O) groups excluding carboxylic acids is 1. The van der Waals surface area contributed by atoms with Crippen molar-refractivity contribution in [1.82, 2.24) is 4.90 Å². The highest BCUT2D eigenvalue weighted by Crippen LogP contribution is 2.15. The van der Waals surface area contributed by atoms with Crippen LogP contribution in [0.3, 0.4) is 0 Å². The van der Waals surface area contributed by atoms with Gasteiger partial charge < -0.3 is 19.9 Å². The summed E-state index contributed by atoms with van der Waals surface area (Å²) in [5.41, 5.74) is -0.527. The van der Waals surface area contributed by atoms with Gasteiger partial charge in [0, 0.05) is 5.54 Å². The summed E-state index contributed by atoms with van der Waals surface area (Å²) in [6.07, 6.45) is -1.25. The second-order valence-corrected chi connectivity index (χ2v) is 3.84. The molecule has 1 amide bonds. The third-order valence-electron chi connectivity index (χ3n) is 1.62. The van der Waals surface area contributed by atoms with Crippen LogP contribution in [-0.4, -0.2) is 34.3 Å². The Morgan fingerprint density at radius 1 is 1.58 bits per heavy atom. The van der Waals surface area contributed by atoms with E-state index in [1.54, 1.807) is 27.7 Å². The number of amides is 1. The molecule has 4 heteroatoms. The predicted molar refractivity (Wildman–Crippen MR) is 43.5 cm³/mol. The van der Waals surface area contributed by atoms with E-state index in [1.807, 2.05) is 0 Å². The van der Waals surface area contributed by atoms with Crippen molar-refractivity contribution in [2.24, 2.45) is 0 Å². The van der Waals surface area contributed by atoms with Gasteiger partial charge in [-0.3, -0.25) is 0 Å². The van der Waals surface area contributed by atoms with E-state index in [0.717, 1.165) is 4.90 Å². The van der Waals surface area contributed by atoms with Crippen LogP contribution in [0, 0.1) is 0 Å². The summed E-state index contributed by atoms with van der Waals surface area (Å²) in [7, 11) is 0. The lowest BCUT2D eigenvalue weighted by molar-refractivity contribution is -0.273.